The Balaban J connectivity index is 1.64. The van der Waals surface area contributed by atoms with E-state index in [1.807, 2.05) is 0 Å². The van der Waals surface area contributed by atoms with E-state index < -0.39 is 18.0 Å². The van der Waals surface area contributed by atoms with Gasteiger partial charge in [-0.2, -0.15) is 0 Å². The van der Waals surface area contributed by atoms with E-state index in [0.717, 1.165) is 16.4 Å². The Bertz CT molecular complexity index is 514. The van der Waals surface area contributed by atoms with Crippen molar-refractivity contribution in [2.24, 2.45) is 5.92 Å². The van der Waals surface area contributed by atoms with Gasteiger partial charge in [0.15, 0.2) is 0 Å². The number of aliphatic hydroxyl groups is 1. The first kappa shape index (κ1) is 16.2. The Labute approximate surface area is 137 Å². The van der Waals surface area contributed by atoms with Crippen LogP contribution in [-0.2, 0) is 20.5 Å². The summed E-state index contributed by atoms with van der Waals surface area (Å²) in [6.45, 7) is 1.59. The number of aliphatic carboxylic acids is 1. The van der Waals surface area contributed by atoms with Gasteiger partial charge in [0, 0.05) is 17.1 Å². The molecule has 3 aliphatic heterocycles. The summed E-state index contributed by atoms with van der Waals surface area (Å²) in [5, 5.41) is 21.1. The average molecular weight is 343 g/mol. The zero-order valence-corrected chi connectivity index (χ0v) is 14.3. The second-order valence-corrected chi connectivity index (χ2v) is 9.72. The number of thioether (sulfide) groups is 1. The minimum absolute atomic E-state index is 0.0478. The molecule has 0 aromatic carbocycles. The van der Waals surface area contributed by atoms with Crippen molar-refractivity contribution in [3.05, 3.63) is 10.6 Å². The predicted octanol–water partition coefficient (Wildman–Crippen LogP) is -0.295. The van der Waals surface area contributed by atoms with Gasteiger partial charge in [-0.25, -0.2) is 0 Å². The number of amides is 1. The average Bonchev–Trinajstić information content (AvgIpc) is 3.04. The van der Waals surface area contributed by atoms with Crippen LogP contribution in [0.15, 0.2) is 10.6 Å². The van der Waals surface area contributed by atoms with Crippen LogP contribution in [0.1, 0.15) is 26.2 Å². The minimum Gasteiger partial charge on any atom is -0.543 e. The van der Waals surface area contributed by atoms with E-state index in [1.54, 1.807) is 18.7 Å². The molecular weight excluding hydrogens is 322 g/mol. The van der Waals surface area contributed by atoms with Gasteiger partial charge in [0.1, 0.15) is 17.3 Å². The summed E-state index contributed by atoms with van der Waals surface area (Å²) in [6.07, 6.45) is 2.45. The SMILES string of the molecule is C[C@@H](O)C1C(=O)N2C(C(=O)[O-])=C(SCC[S+]3CCCC3)CC12. The number of carbonyl (C=O) groups is 2. The number of nitrogens with zero attached hydrogens (tertiary/aromatic N) is 1. The highest BCUT2D eigenvalue weighted by Crippen LogP contribution is 2.46. The number of fused-ring (bicyclic) bond motifs is 1. The quantitative estimate of drug-likeness (QED) is 0.529. The van der Waals surface area contributed by atoms with Crippen LogP contribution in [0.2, 0.25) is 0 Å². The van der Waals surface area contributed by atoms with E-state index in [1.165, 1.54) is 29.2 Å². The van der Waals surface area contributed by atoms with Crippen molar-refractivity contribution < 1.29 is 19.8 Å². The molecule has 3 aliphatic rings. The zero-order chi connectivity index (χ0) is 15.9. The highest BCUT2D eigenvalue weighted by atomic mass is 32.2. The summed E-state index contributed by atoms with van der Waals surface area (Å²) in [4.78, 5) is 25.5. The molecule has 0 saturated carbocycles. The Hall–Kier alpha value is -0.660. The second-order valence-electron chi connectivity index (χ2n) is 6.09. The lowest BCUT2D eigenvalue weighted by Gasteiger charge is -2.45. The summed E-state index contributed by atoms with van der Waals surface area (Å²) >= 11 is 1.56. The third kappa shape index (κ3) is 2.78. The molecule has 1 N–H and O–H groups in total. The number of hydrogen-bond donors (Lipinski definition) is 1. The molecule has 122 valence electrons. The van der Waals surface area contributed by atoms with Crippen molar-refractivity contribution >= 4 is 34.5 Å². The molecule has 5 nitrogen and oxygen atoms in total. The first-order chi connectivity index (χ1) is 10.5. The Morgan fingerprint density at radius 1 is 1.50 bits per heavy atom. The van der Waals surface area contributed by atoms with Gasteiger partial charge >= 0.3 is 0 Å². The van der Waals surface area contributed by atoms with E-state index in [2.05, 4.69) is 0 Å². The number of carboxylic acid groups (broad SMARTS) is 1. The molecule has 0 spiro atoms. The van der Waals surface area contributed by atoms with Crippen LogP contribution in [0.4, 0.5) is 0 Å². The summed E-state index contributed by atoms with van der Waals surface area (Å²) < 4.78 is 0. The molecule has 1 amide bonds. The molecule has 3 rings (SSSR count). The maximum atomic E-state index is 12.1. The van der Waals surface area contributed by atoms with Crippen molar-refractivity contribution in [2.75, 3.05) is 23.0 Å². The van der Waals surface area contributed by atoms with E-state index in [9.17, 15) is 19.8 Å². The smallest absolute Gasteiger partial charge is 0.235 e. The highest BCUT2D eigenvalue weighted by molar-refractivity contribution is 8.04. The number of hydrogen-bond acceptors (Lipinski definition) is 5. The maximum absolute atomic E-state index is 12.1. The Kier molecular flexibility index (Phi) is 4.75. The van der Waals surface area contributed by atoms with E-state index in [0.29, 0.717) is 17.3 Å². The normalized spacial score (nSPS) is 29.7. The predicted molar refractivity (Wildman–Crippen MR) is 86.1 cm³/mol. The number of rotatable bonds is 6. The lowest BCUT2D eigenvalue weighted by Crippen LogP contribution is -2.62. The second kappa shape index (κ2) is 6.45. The first-order valence-electron chi connectivity index (χ1n) is 7.73. The van der Waals surface area contributed by atoms with Crippen molar-refractivity contribution in [3.63, 3.8) is 0 Å². The minimum atomic E-state index is -1.27. The molecule has 7 heteroatoms. The molecule has 22 heavy (non-hydrogen) atoms. The van der Waals surface area contributed by atoms with Crippen LogP contribution in [0, 0.1) is 5.92 Å². The fraction of sp³-hybridized carbons (Fsp3) is 0.733. The molecule has 0 aliphatic carbocycles. The van der Waals surface area contributed by atoms with Gasteiger partial charge in [-0.1, -0.05) is 0 Å². The molecule has 2 saturated heterocycles. The van der Waals surface area contributed by atoms with Crippen molar-refractivity contribution in [3.8, 4) is 0 Å². The molecule has 2 unspecified atom stereocenters. The van der Waals surface area contributed by atoms with Crippen LogP contribution < -0.4 is 5.11 Å². The van der Waals surface area contributed by atoms with Gasteiger partial charge < -0.3 is 19.9 Å². The number of β-lactam (4-membered cyclic amide) rings is 1. The van der Waals surface area contributed by atoms with Crippen molar-refractivity contribution in [1.29, 1.82) is 0 Å². The molecule has 2 fully saturated rings. The number of aliphatic hydroxyl groups excluding tert-OH is 1. The molecule has 0 aromatic heterocycles. The van der Waals surface area contributed by atoms with Crippen LogP contribution >= 0.6 is 11.8 Å². The van der Waals surface area contributed by atoms with E-state index in [4.69, 9.17) is 0 Å². The fourth-order valence-corrected chi connectivity index (χ4v) is 7.52. The molecule has 0 aromatic rings. The van der Waals surface area contributed by atoms with E-state index >= 15 is 0 Å². The zero-order valence-electron chi connectivity index (χ0n) is 12.6. The monoisotopic (exact) mass is 343 g/mol. The molecular formula is C15H21NO4S2. The number of carboxylic acids is 1. The molecule has 3 atom stereocenters. The standard InChI is InChI=1S/C15H21NO4S2/c1-9(17)12-10-8-11(13(15(19)20)16(10)14(12)18)21-4-7-22-5-2-3-6-22/h9-10,12,17H,2-8H2,1H3/t9-,10?,12?/m1/s1. The Morgan fingerprint density at radius 2 is 2.18 bits per heavy atom. The van der Waals surface area contributed by atoms with Gasteiger partial charge in [0.25, 0.3) is 0 Å². The van der Waals surface area contributed by atoms with Crippen LogP contribution in [0.5, 0.6) is 0 Å². The van der Waals surface area contributed by atoms with Crippen LogP contribution in [-0.4, -0.2) is 57.0 Å². The lowest BCUT2D eigenvalue weighted by atomic mass is 9.83. The summed E-state index contributed by atoms with van der Waals surface area (Å²) in [5.74, 6) is 2.63. The van der Waals surface area contributed by atoms with Gasteiger partial charge in [-0.3, -0.25) is 4.79 Å². The Morgan fingerprint density at radius 3 is 2.77 bits per heavy atom. The number of carbonyl (C=O) groups excluding carboxylic acids is 2. The van der Waals surface area contributed by atoms with Gasteiger partial charge in [-0.15, -0.1) is 11.8 Å². The van der Waals surface area contributed by atoms with Gasteiger partial charge in [0.2, 0.25) is 5.91 Å². The molecule has 0 bridgehead atoms. The third-order valence-electron chi connectivity index (χ3n) is 4.65. The van der Waals surface area contributed by atoms with Gasteiger partial charge in [0.05, 0.1) is 29.7 Å². The highest BCUT2D eigenvalue weighted by Gasteiger charge is 2.55. The molecule has 3 heterocycles. The van der Waals surface area contributed by atoms with Crippen molar-refractivity contribution in [1.82, 2.24) is 4.90 Å². The van der Waals surface area contributed by atoms with Crippen LogP contribution in [0.3, 0.4) is 0 Å². The van der Waals surface area contributed by atoms with Crippen LogP contribution in [0.25, 0.3) is 0 Å². The summed E-state index contributed by atoms with van der Waals surface area (Å²) in [6, 6.07) is -0.197. The largest absolute Gasteiger partial charge is 0.543 e. The maximum Gasteiger partial charge on any atom is 0.235 e. The third-order valence-corrected chi connectivity index (χ3v) is 8.53. The van der Waals surface area contributed by atoms with Gasteiger partial charge in [-0.05, 0) is 30.7 Å². The van der Waals surface area contributed by atoms with E-state index in [-0.39, 0.29) is 17.6 Å². The summed E-state index contributed by atoms with van der Waals surface area (Å²) in [7, 11) is 0.501. The molecule has 0 radical (unpaired) electrons. The lowest BCUT2D eigenvalue weighted by molar-refractivity contribution is -0.301. The topological polar surface area (TPSA) is 80.7 Å². The summed E-state index contributed by atoms with van der Waals surface area (Å²) in [5.41, 5.74) is 0.0478. The fourth-order valence-electron chi connectivity index (χ4n) is 3.55. The van der Waals surface area contributed by atoms with Crippen molar-refractivity contribution in [2.45, 2.75) is 38.3 Å². The first-order valence-corrected chi connectivity index (χ1v) is 10.4.